The smallest absolute Gasteiger partial charge is 0.0541 e. The van der Waals surface area contributed by atoms with Crippen LogP contribution in [0.3, 0.4) is 0 Å². The Morgan fingerprint density at radius 1 is 0.429 bits per heavy atom. The van der Waals surface area contributed by atoms with E-state index in [1.165, 1.54) is 72.1 Å². The van der Waals surface area contributed by atoms with Crippen molar-refractivity contribution in [3.63, 3.8) is 0 Å². The van der Waals surface area contributed by atoms with Crippen LogP contribution in [0.15, 0.2) is 230 Å². The fourth-order valence-electron chi connectivity index (χ4n) is 8.38. The summed E-state index contributed by atoms with van der Waals surface area (Å²) in [6, 6.07) is 74.6. The van der Waals surface area contributed by atoms with Crippen LogP contribution in [0.2, 0.25) is 0 Å². The third-order valence-corrected chi connectivity index (χ3v) is 11.1. The van der Waals surface area contributed by atoms with Gasteiger partial charge in [-0.05, 0) is 106 Å². The van der Waals surface area contributed by atoms with Gasteiger partial charge in [0, 0.05) is 39.4 Å². The van der Waals surface area contributed by atoms with Gasteiger partial charge in [0.2, 0.25) is 0 Å². The summed E-state index contributed by atoms with van der Waals surface area (Å²) in [6.45, 7) is 0. The Morgan fingerprint density at radius 3 is 1.73 bits per heavy atom. The number of para-hydroxylation sites is 2. The maximum absolute atomic E-state index is 2.42. The van der Waals surface area contributed by atoms with Crippen LogP contribution < -0.4 is 4.90 Å². The fraction of sp³-hybridized carbons (Fsp3) is 0.0370. The van der Waals surface area contributed by atoms with Gasteiger partial charge in [-0.15, -0.1) is 0 Å². The van der Waals surface area contributed by atoms with Crippen molar-refractivity contribution < 1.29 is 0 Å². The van der Waals surface area contributed by atoms with E-state index in [2.05, 4.69) is 234 Å². The Bertz CT molecular complexity index is 2850. The van der Waals surface area contributed by atoms with E-state index in [1.54, 1.807) is 0 Å². The molecule has 0 spiro atoms. The predicted octanol–water partition coefficient (Wildman–Crippen LogP) is 14.6. The SMILES string of the molecule is C1=CC(c2ccccc2)CC=C1N(c1ccc(-c2ccccc2)cc1)c1ccc(-c2ccc3c(c2)c2ccccc2n3-c2ccccc2)c(-c2ccccc2)c1. The molecule has 1 aliphatic carbocycles. The second-order valence-electron chi connectivity index (χ2n) is 14.5. The molecule has 2 heteroatoms. The van der Waals surface area contributed by atoms with E-state index in [0.717, 1.165) is 17.8 Å². The van der Waals surface area contributed by atoms with E-state index in [-0.39, 0.29) is 0 Å². The molecule has 0 amide bonds. The molecule has 0 radical (unpaired) electrons. The van der Waals surface area contributed by atoms with Gasteiger partial charge in [0.15, 0.2) is 0 Å². The van der Waals surface area contributed by atoms with Crippen LogP contribution in [-0.4, -0.2) is 4.57 Å². The molecule has 2 nitrogen and oxygen atoms in total. The third kappa shape index (κ3) is 6.22. The first-order valence-corrected chi connectivity index (χ1v) is 19.5. The quantitative estimate of drug-likeness (QED) is 0.152. The zero-order valence-electron chi connectivity index (χ0n) is 31.0. The minimum atomic E-state index is 0.354. The van der Waals surface area contributed by atoms with Crippen molar-refractivity contribution >= 4 is 33.2 Å². The molecule has 0 saturated carbocycles. The van der Waals surface area contributed by atoms with Gasteiger partial charge < -0.3 is 9.47 Å². The van der Waals surface area contributed by atoms with E-state index in [0.29, 0.717) is 5.92 Å². The summed E-state index contributed by atoms with van der Waals surface area (Å²) in [5.41, 5.74) is 15.5. The largest absolute Gasteiger partial charge is 0.311 e. The maximum Gasteiger partial charge on any atom is 0.0541 e. The van der Waals surface area contributed by atoms with Gasteiger partial charge in [0.1, 0.15) is 0 Å². The number of hydrogen-bond acceptors (Lipinski definition) is 1. The van der Waals surface area contributed by atoms with Gasteiger partial charge >= 0.3 is 0 Å². The van der Waals surface area contributed by atoms with Crippen molar-refractivity contribution in [2.24, 2.45) is 0 Å². The summed E-state index contributed by atoms with van der Waals surface area (Å²) in [7, 11) is 0. The van der Waals surface area contributed by atoms with Crippen molar-refractivity contribution in [3.05, 3.63) is 236 Å². The van der Waals surface area contributed by atoms with Gasteiger partial charge in [-0.1, -0.05) is 164 Å². The number of anilines is 2. The predicted molar refractivity (Wildman–Crippen MR) is 237 cm³/mol. The lowest BCUT2D eigenvalue weighted by Crippen LogP contribution is -2.17. The van der Waals surface area contributed by atoms with Crippen molar-refractivity contribution in [1.29, 1.82) is 0 Å². The molecule has 1 aliphatic rings. The second kappa shape index (κ2) is 14.6. The summed E-state index contributed by atoms with van der Waals surface area (Å²) in [5.74, 6) is 0.354. The van der Waals surface area contributed by atoms with Crippen LogP contribution in [0.4, 0.5) is 11.4 Å². The highest BCUT2D eigenvalue weighted by Crippen LogP contribution is 2.42. The van der Waals surface area contributed by atoms with Crippen LogP contribution in [0.25, 0.3) is 60.9 Å². The van der Waals surface area contributed by atoms with Crippen LogP contribution in [-0.2, 0) is 0 Å². The molecular weight excluding hydrogens is 677 g/mol. The molecule has 56 heavy (non-hydrogen) atoms. The number of fused-ring (bicyclic) bond motifs is 3. The zero-order chi connectivity index (χ0) is 37.3. The summed E-state index contributed by atoms with van der Waals surface area (Å²) in [4.78, 5) is 2.42. The lowest BCUT2D eigenvalue weighted by molar-refractivity contribution is 0.840. The molecule has 1 atom stereocenters. The van der Waals surface area contributed by atoms with Gasteiger partial charge in [-0.2, -0.15) is 0 Å². The Kier molecular flexibility index (Phi) is 8.70. The molecule has 0 fully saturated rings. The van der Waals surface area contributed by atoms with Gasteiger partial charge in [-0.25, -0.2) is 0 Å². The highest BCUT2D eigenvalue weighted by molar-refractivity contribution is 6.11. The molecule has 1 heterocycles. The lowest BCUT2D eigenvalue weighted by Gasteiger charge is -2.30. The fourth-order valence-corrected chi connectivity index (χ4v) is 8.38. The summed E-state index contributed by atoms with van der Waals surface area (Å²) in [6.07, 6.45) is 8.01. The van der Waals surface area contributed by atoms with Crippen LogP contribution in [0, 0.1) is 0 Å². The van der Waals surface area contributed by atoms with E-state index >= 15 is 0 Å². The first-order valence-electron chi connectivity index (χ1n) is 19.5. The van der Waals surface area contributed by atoms with Gasteiger partial charge in [0.25, 0.3) is 0 Å². The van der Waals surface area contributed by atoms with Crippen molar-refractivity contribution in [2.45, 2.75) is 12.3 Å². The number of hydrogen-bond donors (Lipinski definition) is 0. The van der Waals surface area contributed by atoms with Gasteiger partial charge in [0.05, 0.1) is 11.0 Å². The number of nitrogens with zero attached hydrogens (tertiary/aromatic N) is 2. The molecular formula is C54H40N2. The van der Waals surface area contributed by atoms with Gasteiger partial charge in [-0.3, -0.25) is 0 Å². The Labute approximate surface area is 328 Å². The molecule has 1 aromatic heterocycles. The monoisotopic (exact) mass is 716 g/mol. The summed E-state index contributed by atoms with van der Waals surface area (Å²) < 4.78 is 2.38. The van der Waals surface area contributed by atoms with Crippen molar-refractivity contribution in [3.8, 4) is 39.1 Å². The maximum atomic E-state index is 2.42. The molecule has 9 aromatic rings. The van der Waals surface area contributed by atoms with Crippen LogP contribution >= 0.6 is 0 Å². The Balaban J connectivity index is 1.11. The average molecular weight is 717 g/mol. The van der Waals surface area contributed by atoms with E-state index in [1.807, 2.05) is 0 Å². The lowest BCUT2D eigenvalue weighted by atomic mass is 9.90. The van der Waals surface area contributed by atoms with Crippen LogP contribution in [0.1, 0.15) is 17.9 Å². The molecule has 0 bridgehead atoms. The van der Waals surface area contributed by atoms with E-state index in [4.69, 9.17) is 0 Å². The first-order chi connectivity index (χ1) is 27.8. The third-order valence-electron chi connectivity index (χ3n) is 11.1. The normalized spacial score (nSPS) is 13.9. The zero-order valence-corrected chi connectivity index (χ0v) is 31.0. The number of rotatable bonds is 8. The Hall–Kier alpha value is -7.16. The topological polar surface area (TPSA) is 8.17 Å². The number of allylic oxidation sites excluding steroid dienone is 3. The highest BCUT2D eigenvalue weighted by atomic mass is 15.1. The molecule has 266 valence electrons. The average Bonchev–Trinajstić information content (AvgIpc) is 3.62. The van der Waals surface area contributed by atoms with Crippen molar-refractivity contribution in [2.75, 3.05) is 4.90 Å². The van der Waals surface area contributed by atoms with E-state index in [9.17, 15) is 0 Å². The summed E-state index contributed by atoms with van der Waals surface area (Å²) >= 11 is 0. The summed E-state index contributed by atoms with van der Waals surface area (Å²) in [5, 5.41) is 2.50. The molecule has 8 aromatic carbocycles. The van der Waals surface area contributed by atoms with E-state index < -0.39 is 0 Å². The minimum Gasteiger partial charge on any atom is -0.311 e. The highest BCUT2D eigenvalue weighted by Gasteiger charge is 2.21. The number of aromatic nitrogens is 1. The first kappa shape index (κ1) is 33.4. The molecule has 0 saturated heterocycles. The second-order valence-corrected chi connectivity index (χ2v) is 14.5. The standard InChI is InChI=1S/C54H40N2/c1-5-15-39(16-6-1)41-25-30-46(31-26-41)55(47-32-27-42(28-33-47)40-17-7-2-8-18-40)48-34-35-49(51(38-48)43-19-9-3-10-20-43)44-29-36-54-52(37-44)50-23-13-14-24-53(50)56(54)45-21-11-4-12-22-45/h1-27,29-38,42H,28H2. The number of benzene rings is 8. The van der Waals surface area contributed by atoms with Crippen LogP contribution in [0.5, 0.6) is 0 Å². The Morgan fingerprint density at radius 2 is 1.02 bits per heavy atom. The molecule has 0 N–H and O–H groups in total. The van der Waals surface area contributed by atoms with Crippen molar-refractivity contribution in [1.82, 2.24) is 4.57 Å². The molecule has 1 unspecified atom stereocenters. The minimum absolute atomic E-state index is 0.354. The molecule has 0 aliphatic heterocycles. The molecule has 10 rings (SSSR count).